The lowest BCUT2D eigenvalue weighted by atomic mass is 9.82. The number of esters is 1. The highest BCUT2D eigenvalue weighted by atomic mass is 79.9. The van der Waals surface area contributed by atoms with E-state index in [0.29, 0.717) is 45.2 Å². The molecular weight excluding hydrogens is 656 g/mol. The number of unbranched alkanes of at least 4 members (excludes halogenated alkanes) is 1. The van der Waals surface area contributed by atoms with Crippen molar-refractivity contribution in [3.8, 4) is 5.75 Å². The van der Waals surface area contributed by atoms with Gasteiger partial charge in [-0.1, -0.05) is 58.5 Å². The number of halogens is 1. The molecule has 1 N–H and O–H groups in total. The predicted octanol–water partition coefficient (Wildman–Crippen LogP) is 4.58. The average Bonchev–Trinajstić information content (AvgIpc) is 3.68. The van der Waals surface area contributed by atoms with Crippen LogP contribution in [0.25, 0.3) is 0 Å². The molecule has 0 unspecified atom stereocenters. The summed E-state index contributed by atoms with van der Waals surface area (Å²) in [6, 6.07) is 14.3. The molecule has 2 aromatic carbocycles. The van der Waals surface area contributed by atoms with Crippen molar-refractivity contribution in [3.63, 3.8) is 0 Å². The number of benzene rings is 2. The summed E-state index contributed by atoms with van der Waals surface area (Å²) >= 11 is 3.66. The first kappa shape index (κ1) is 33.3. The molecule has 5 rings (SSSR count). The number of carbonyl (C=O) groups excluding carboxylic acids is 2. The van der Waals surface area contributed by atoms with Gasteiger partial charge in [-0.2, -0.15) is 0 Å². The first-order valence-electron chi connectivity index (χ1n) is 15.6. The third kappa shape index (κ3) is 6.34. The largest absolute Gasteiger partial charge is 0.497 e. The van der Waals surface area contributed by atoms with Crippen LogP contribution in [0.3, 0.4) is 0 Å². The zero-order valence-corrected chi connectivity index (χ0v) is 29.2. The highest BCUT2D eigenvalue weighted by Gasteiger charge is 2.66. The highest BCUT2D eigenvalue weighted by molar-refractivity contribution is 9.10. The molecule has 10 nitrogen and oxygen atoms in total. The Balaban J connectivity index is 1.51. The van der Waals surface area contributed by atoms with E-state index in [2.05, 4.69) is 58.4 Å². The van der Waals surface area contributed by atoms with Crippen molar-refractivity contribution in [2.24, 2.45) is 5.92 Å². The van der Waals surface area contributed by atoms with Gasteiger partial charge in [-0.15, -0.1) is 5.10 Å². The molecule has 1 amide bonds. The van der Waals surface area contributed by atoms with Gasteiger partial charge in [-0.3, -0.25) is 14.3 Å². The number of carbonyl (C=O) groups is 2. The Morgan fingerprint density at radius 3 is 2.58 bits per heavy atom. The minimum absolute atomic E-state index is 0.0183. The van der Waals surface area contributed by atoms with Crippen LogP contribution in [0.15, 0.2) is 53.1 Å². The maximum atomic E-state index is 14.7. The Labute approximate surface area is 274 Å². The van der Waals surface area contributed by atoms with Gasteiger partial charge in [0.2, 0.25) is 0 Å². The van der Waals surface area contributed by atoms with Gasteiger partial charge in [0.05, 0.1) is 39.8 Å². The fourth-order valence-corrected chi connectivity index (χ4v) is 11.8. The minimum atomic E-state index is -2.27. The molecule has 1 spiro atoms. The SMILES string of the molecule is COC(=O)CCCCN1C(=O)[C@]2(O[C@H](CCn3cc(CCO)nn3)[C@@H]([Si](C)(C)c3ccc(OC)cc3)[C@@H]2C)c2cc(Br)ccc21. The third-order valence-corrected chi connectivity index (χ3v) is 14.5. The molecule has 12 heteroatoms. The van der Waals surface area contributed by atoms with E-state index in [1.807, 2.05) is 41.4 Å². The summed E-state index contributed by atoms with van der Waals surface area (Å²) in [7, 11) is 0.787. The number of nitrogens with zero attached hydrogens (tertiary/aromatic N) is 4. The second kappa shape index (κ2) is 13.7. The summed E-state index contributed by atoms with van der Waals surface area (Å²) in [4.78, 5) is 28.3. The van der Waals surface area contributed by atoms with Crippen LogP contribution in [0.1, 0.15) is 43.9 Å². The molecular formula is C33H43BrN4O6Si. The predicted molar refractivity (Wildman–Crippen MR) is 177 cm³/mol. The minimum Gasteiger partial charge on any atom is -0.497 e. The van der Waals surface area contributed by atoms with E-state index in [-0.39, 0.29) is 36.0 Å². The number of ether oxygens (including phenoxy) is 3. The summed E-state index contributed by atoms with van der Waals surface area (Å²) < 4.78 is 20.1. The first-order valence-corrected chi connectivity index (χ1v) is 19.4. The van der Waals surface area contributed by atoms with Crippen LogP contribution < -0.4 is 14.8 Å². The molecule has 0 bridgehead atoms. The van der Waals surface area contributed by atoms with Gasteiger partial charge in [0.15, 0.2) is 5.60 Å². The van der Waals surface area contributed by atoms with Crippen molar-refractivity contribution >= 4 is 46.8 Å². The third-order valence-electron chi connectivity index (χ3n) is 9.63. The zero-order valence-electron chi connectivity index (χ0n) is 26.7. The molecule has 1 aromatic heterocycles. The Bertz CT molecular complexity index is 1520. The monoisotopic (exact) mass is 698 g/mol. The summed E-state index contributed by atoms with van der Waals surface area (Å²) in [5.74, 6) is 0.403. The molecule has 2 aliphatic heterocycles. The van der Waals surface area contributed by atoms with Gasteiger partial charge in [0.25, 0.3) is 5.91 Å². The number of amides is 1. The molecule has 242 valence electrons. The van der Waals surface area contributed by atoms with Crippen LogP contribution in [0.2, 0.25) is 18.6 Å². The van der Waals surface area contributed by atoms with Crippen LogP contribution in [-0.4, -0.2) is 73.5 Å². The molecule has 3 heterocycles. The number of hydrogen-bond acceptors (Lipinski definition) is 8. The second-order valence-electron chi connectivity index (χ2n) is 12.5. The standard InChI is InChI=1S/C33H43BrN4O6Si/c1-22-31(45(4,5)26-12-10-25(42-2)11-13-26)29(15-18-37-21-24(16-19-39)35-36-37)44-33(22)27-20-23(34)9-14-28(27)38(32(33)41)17-7-6-8-30(40)43-3/h9-14,20-22,29,31,39H,6-8,15-19H2,1-5H3/t22-,29+,31-,33+/m0/s1. The molecule has 3 aromatic rings. The maximum Gasteiger partial charge on any atom is 0.305 e. The van der Waals surface area contributed by atoms with Gasteiger partial charge < -0.3 is 24.2 Å². The summed E-state index contributed by atoms with van der Waals surface area (Å²) in [5.41, 5.74) is 1.45. The molecule has 4 atom stereocenters. The van der Waals surface area contributed by atoms with Crippen LogP contribution in [-0.2, 0) is 37.6 Å². The van der Waals surface area contributed by atoms with Crippen LogP contribution >= 0.6 is 15.9 Å². The Morgan fingerprint density at radius 1 is 1.13 bits per heavy atom. The molecule has 1 saturated heterocycles. The van der Waals surface area contributed by atoms with Gasteiger partial charge in [-0.25, -0.2) is 0 Å². The number of aromatic nitrogens is 3. The summed E-state index contributed by atoms with van der Waals surface area (Å²) in [6.45, 7) is 8.00. The van der Waals surface area contributed by atoms with E-state index in [1.165, 1.54) is 12.3 Å². The van der Waals surface area contributed by atoms with Gasteiger partial charge in [-0.05, 0) is 55.1 Å². The smallest absolute Gasteiger partial charge is 0.305 e. The number of hydrogen-bond donors (Lipinski definition) is 1. The lowest BCUT2D eigenvalue weighted by molar-refractivity contribution is -0.146. The fraction of sp³-hybridized carbons (Fsp3) is 0.515. The van der Waals surface area contributed by atoms with E-state index >= 15 is 0 Å². The molecule has 0 aliphatic carbocycles. The van der Waals surface area contributed by atoms with E-state index in [1.54, 1.807) is 11.8 Å². The number of rotatable bonds is 13. The highest BCUT2D eigenvalue weighted by Crippen LogP contribution is 2.60. The molecule has 0 radical (unpaired) electrons. The normalized spacial score (nSPS) is 22.7. The van der Waals surface area contributed by atoms with Crippen LogP contribution in [0, 0.1) is 5.92 Å². The van der Waals surface area contributed by atoms with Crippen molar-refractivity contribution < 1.29 is 28.9 Å². The number of aryl methyl sites for hydroxylation is 1. The van der Waals surface area contributed by atoms with Crippen molar-refractivity contribution in [1.29, 1.82) is 0 Å². The topological polar surface area (TPSA) is 116 Å². The quantitative estimate of drug-likeness (QED) is 0.157. The van der Waals surface area contributed by atoms with Gasteiger partial charge in [0, 0.05) is 54.7 Å². The number of fused-ring (bicyclic) bond motifs is 2. The van der Waals surface area contributed by atoms with Crippen molar-refractivity contribution in [3.05, 3.63) is 64.4 Å². The summed E-state index contributed by atoms with van der Waals surface area (Å²) in [5, 5.41) is 19.1. The molecule has 1 fully saturated rings. The lowest BCUT2D eigenvalue weighted by Crippen LogP contribution is -2.52. The van der Waals surface area contributed by atoms with Crippen molar-refractivity contribution in [2.75, 3.05) is 32.3 Å². The van der Waals surface area contributed by atoms with E-state index < -0.39 is 13.7 Å². The second-order valence-corrected chi connectivity index (χ2v) is 18.1. The van der Waals surface area contributed by atoms with Gasteiger partial charge in [0.1, 0.15) is 5.75 Å². The van der Waals surface area contributed by atoms with E-state index in [0.717, 1.165) is 27.2 Å². The Hall–Kier alpha value is -3.06. The van der Waals surface area contributed by atoms with Crippen LogP contribution in [0.5, 0.6) is 5.75 Å². The summed E-state index contributed by atoms with van der Waals surface area (Å²) in [6.07, 6.45) is 4.38. The fourth-order valence-electron chi connectivity index (χ4n) is 7.36. The number of aliphatic hydroxyl groups excluding tert-OH is 1. The molecule has 45 heavy (non-hydrogen) atoms. The maximum absolute atomic E-state index is 14.7. The average molecular weight is 700 g/mol. The zero-order chi connectivity index (χ0) is 32.4. The molecule has 2 aliphatic rings. The Morgan fingerprint density at radius 2 is 1.89 bits per heavy atom. The van der Waals surface area contributed by atoms with Crippen LogP contribution in [0.4, 0.5) is 5.69 Å². The van der Waals surface area contributed by atoms with Crippen molar-refractivity contribution in [1.82, 2.24) is 15.0 Å². The Kier molecular flexibility index (Phi) is 10.2. The molecule has 0 saturated carbocycles. The van der Waals surface area contributed by atoms with Gasteiger partial charge >= 0.3 is 5.97 Å². The number of anilines is 1. The number of methoxy groups -OCH3 is 2. The van der Waals surface area contributed by atoms with E-state index in [9.17, 15) is 14.7 Å². The van der Waals surface area contributed by atoms with E-state index in [4.69, 9.17) is 14.2 Å². The van der Waals surface area contributed by atoms with Crippen molar-refractivity contribution in [2.45, 2.75) is 75.9 Å². The lowest BCUT2D eigenvalue weighted by Gasteiger charge is -2.37. The number of aliphatic hydroxyl groups is 1. The first-order chi connectivity index (χ1) is 21.6.